The molecule has 0 radical (unpaired) electrons. The molecule has 0 saturated carbocycles. The van der Waals surface area contributed by atoms with Gasteiger partial charge in [-0.2, -0.15) is 5.10 Å². The molecule has 1 amide bonds. The molecule has 168 valence electrons. The average Bonchev–Trinajstić information content (AvgIpc) is 3.06. The van der Waals surface area contributed by atoms with Crippen LogP contribution in [0.15, 0.2) is 54.6 Å². The van der Waals surface area contributed by atoms with Crippen molar-refractivity contribution >= 4 is 23.5 Å². The molecule has 3 aromatic rings. The second-order valence-electron chi connectivity index (χ2n) is 7.38. The van der Waals surface area contributed by atoms with Crippen LogP contribution in [0.25, 0.3) is 0 Å². The Labute approximate surface area is 191 Å². The summed E-state index contributed by atoms with van der Waals surface area (Å²) in [6.45, 7) is 4.10. The Morgan fingerprint density at radius 1 is 1.12 bits per heavy atom. The SMILES string of the molecule is CCOC(=O)C(CNC(=O)c1c(C)nn(Cc2ccc(F)cc2)c1Cl)Cc1ccccc1. The molecule has 1 atom stereocenters. The number of aryl methyl sites for hydroxylation is 1. The number of hydrogen-bond acceptors (Lipinski definition) is 4. The molecule has 0 aliphatic heterocycles. The topological polar surface area (TPSA) is 73.2 Å². The van der Waals surface area contributed by atoms with Crippen LogP contribution >= 0.6 is 11.6 Å². The second-order valence-corrected chi connectivity index (χ2v) is 7.74. The Bertz CT molecular complexity index is 1070. The molecule has 0 aliphatic rings. The molecule has 1 aromatic heterocycles. The van der Waals surface area contributed by atoms with Crippen molar-refractivity contribution in [3.63, 3.8) is 0 Å². The van der Waals surface area contributed by atoms with Crippen molar-refractivity contribution in [2.45, 2.75) is 26.8 Å². The van der Waals surface area contributed by atoms with E-state index in [-0.39, 0.29) is 35.7 Å². The van der Waals surface area contributed by atoms with E-state index in [1.807, 2.05) is 30.3 Å². The van der Waals surface area contributed by atoms with E-state index in [9.17, 15) is 14.0 Å². The zero-order valence-corrected chi connectivity index (χ0v) is 18.7. The molecule has 6 nitrogen and oxygen atoms in total. The minimum Gasteiger partial charge on any atom is -0.466 e. The van der Waals surface area contributed by atoms with E-state index in [1.54, 1.807) is 26.0 Å². The number of nitrogens with zero attached hydrogens (tertiary/aromatic N) is 2. The summed E-state index contributed by atoms with van der Waals surface area (Å²) >= 11 is 6.44. The van der Waals surface area contributed by atoms with E-state index in [0.717, 1.165) is 11.1 Å². The van der Waals surface area contributed by atoms with Crippen LogP contribution in [0, 0.1) is 18.7 Å². The summed E-state index contributed by atoms with van der Waals surface area (Å²) < 4.78 is 19.8. The summed E-state index contributed by atoms with van der Waals surface area (Å²) in [6.07, 6.45) is 0.441. The van der Waals surface area contributed by atoms with Crippen LogP contribution in [0.2, 0.25) is 5.15 Å². The number of aromatic nitrogens is 2. The number of benzene rings is 2. The first-order valence-electron chi connectivity index (χ1n) is 10.3. The Kier molecular flexibility index (Phi) is 8.00. The van der Waals surface area contributed by atoms with Gasteiger partial charge in [-0.1, -0.05) is 54.1 Å². The van der Waals surface area contributed by atoms with Gasteiger partial charge in [0.05, 0.1) is 30.3 Å². The van der Waals surface area contributed by atoms with E-state index in [1.165, 1.54) is 16.8 Å². The van der Waals surface area contributed by atoms with Gasteiger partial charge in [-0.3, -0.25) is 9.59 Å². The first-order valence-corrected chi connectivity index (χ1v) is 10.7. The average molecular weight is 458 g/mol. The van der Waals surface area contributed by atoms with Crippen LogP contribution in [0.3, 0.4) is 0 Å². The Balaban J connectivity index is 1.71. The van der Waals surface area contributed by atoms with Crippen molar-refractivity contribution in [2.24, 2.45) is 5.92 Å². The summed E-state index contributed by atoms with van der Waals surface area (Å²) in [5.74, 6) is -1.65. The normalized spacial score (nSPS) is 11.8. The minimum absolute atomic E-state index is 0.103. The minimum atomic E-state index is -0.533. The molecule has 0 fully saturated rings. The van der Waals surface area contributed by atoms with Crippen LogP contribution < -0.4 is 5.32 Å². The lowest BCUT2D eigenvalue weighted by Gasteiger charge is -2.16. The fourth-order valence-electron chi connectivity index (χ4n) is 3.38. The monoisotopic (exact) mass is 457 g/mol. The molecule has 2 aromatic carbocycles. The van der Waals surface area contributed by atoms with Gasteiger partial charge in [0.15, 0.2) is 0 Å². The van der Waals surface area contributed by atoms with Crippen molar-refractivity contribution in [1.29, 1.82) is 0 Å². The molecule has 1 N–H and O–H groups in total. The first-order chi connectivity index (χ1) is 15.4. The Morgan fingerprint density at radius 2 is 1.81 bits per heavy atom. The van der Waals surface area contributed by atoms with E-state index in [0.29, 0.717) is 18.7 Å². The molecule has 8 heteroatoms. The smallest absolute Gasteiger partial charge is 0.311 e. The number of hydrogen-bond donors (Lipinski definition) is 1. The number of halogens is 2. The summed E-state index contributed by atoms with van der Waals surface area (Å²) in [7, 11) is 0. The lowest BCUT2D eigenvalue weighted by molar-refractivity contribution is -0.147. The van der Waals surface area contributed by atoms with Gasteiger partial charge in [-0.15, -0.1) is 0 Å². The highest BCUT2D eigenvalue weighted by molar-refractivity contribution is 6.33. The second kappa shape index (κ2) is 10.9. The van der Waals surface area contributed by atoms with Gasteiger partial charge in [0.1, 0.15) is 11.0 Å². The van der Waals surface area contributed by atoms with Gasteiger partial charge < -0.3 is 10.1 Å². The lowest BCUT2D eigenvalue weighted by Crippen LogP contribution is -2.35. The summed E-state index contributed by atoms with van der Waals surface area (Å²) in [4.78, 5) is 25.3. The summed E-state index contributed by atoms with van der Waals surface area (Å²) in [5, 5.41) is 7.33. The van der Waals surface area contributed by atoms with Crippen LogP contribution in [0.5, 0.6) is 0 Å². The van der Waals surface area contributed by atoms with E-state index in [4.69, 9.17) is 16.3 Å². The molecule has 0 spiro atoms. The predicted molar refractivity (Wildman–Crippen MR) is 120 cm³/mol. The standard InChI is InChI=1S/C24H25ClFN3O3/c1-3-32-24(31)19(13-17-7-5-4-6-8-17)14-27-23(30)21-16(2)28-29(22(21)25)15-18-9-11-20(26)12-10-18/h4-12,19H,3,13-15H2,1-2H3,(H,27,30). The van der Waals surface area contributed by atoms with Crippen LogP contribution in [-0.2, 0) is 22.5 Å². The van der Waals surface area contributed by atoms with Gasteiger partial charge in [-0.05, 0) is 43.5 Å². The van der Waals surface area contributed by atoms with E-state index < -0.39 is 11.8 Å². The molecule has 1 unspecified atom stereocenters. The highest BCUT2D eigenvalue weighted by Crippen LogP contribution is 2.21. The molecule has 32 heavy (non-hydrogen) atoms. The highest BCUT2D eigenvalue weighted by Gasteiger charge is 2.25. The van der Waals surface area contributed by atoms with Gasteiger partial charge in [0, 0.05) is 6.54 Å². The van der Waals surface area contributed by atoms with Gasteiger partial charge in [0.25, 0.3) is 5.91 Å². The van der Waals surface area contributed by atoms with Crippen LogP contribution in [0.1, 0.15) is 34.1 Å². The fraction of sp³-hybridized carbons (Fsp3) is 0.292. The van der Waals surface area contributed by atoms with Crippen molar-refractivity contribution in [3.8, 4) is 0 Å². The number of amides is 1. The van der Waals surface area contributed by atoms with E-state index >= 15 is 0 Å². The highest BCUT2D eigenvalue weighted by atomic mass is 35.5. The molecule has 0 bridgehead atoms. The molecular weight excluding hydrogens is 433 g/mol. The molecular formula is C24H25ClFN3O3. The maximum Gasteiger partial charge on any atom is 0.311 e. The van der Waals surface area contributed by atoms with Gasteiger partial charge in [0.2, 0.25) is 0 Å². The number of rotatable bonds is 9. The van der Waals surface area contributed by atoms with Crippen LogP contribution in [-0.4, -0.2) is 34.8 Å². The molecule has 0 saturated heterocycles. The summed E-state index contributed by atoms with van der Waals surface area (Å²) in [5.41, 5.74) is 2.48. The van der Waals surface area contributed by atoms with Crippen molar-refractivity contribution in [3.05, 3.63) is 88.0 Å². The number of carbonyl (C=O) groups is 2. The number of nitrogens with one attached hydrogen (secondary N) is 1. The first kappa shape index (κ1) is 23.5. The van der Waals surface area contributed by atoms with Crippen molar-refractivity contribution in [2.75, 3.05) is 13.2 Å². The number of carbonyl (C=O) groups excluding carboxylic acids is 2. The zero-order chi connectivity index (χ0) is 23.1. The van der Waals surface area contributed by atoms with Crippen LogP contribution in [0.4, 0.5) is 4.39 Å². The van der Waals surface area contributed by atoms with E-state index in [2.05, 4.69) is 10.4 Å². The van der Waals surface area contributed by atoms with Crippen molar-refractivity contribution < 1.29 is 18.7 Å². The molecule has 1 heterocycles. The molecule has 0 aliphatic carbocycles. The summed E-state index contributed by atoms with van der Waals surface area (Å²) in [6, 6.07) is 15.5. The van der Waals surface area contributed by atoms with Crippen molar-refractivity contribution in [1.82, 2.24) is 15.1 Å². The third-order valence-electron chi connectivity index (χ3n) is 4.99. The maximum absolute atomic E-state index is 13.1. The number of esters is 1. The molecule has 3 rings (SSSR count). The third kappa shape index (κ3) is 5.95. The fourth-order valence-corrected chi connectivity index (χ4v) is 3.70. The predicted octanol–water partition coefficient (Wildman–Crippen LogP) is 4.18. The Hall–Kier alpha value is -3.19. The lowest BCUT2D eigenvalue weighted by atomic mass is 9.99. The third-order valence-corrected chi connectivity index (χ3v) is 5.38. The quantitative estimate of drug-likeness (QED) is 0.489. The Morgan fingerprint density at radius 3 is 2.47 bits per heavy atom. The maximum atomic E-state index is 13.1. The largest absolute Gasteiger partial charge is 0.466 e. The zero-order valence-electron chi connectivity index (χ0n) is 18.0. The van der Waals surface area contributed by atoms with Gasteiger partial charge in [-0.25, -0.2) is 9.07 Å². The van der Waals surface area contributed by atoms with Gasteiger partial charge >= 0.3 is 5.97 Å². The number of ether oxygens (including phenoxy) is 1.